The molecule has 11 nitrogen and oxygen atoms in total. The van der Waals surface area contributed by atoms with Crippen LogP contribution in [0, 0.1) is 6.92 Å². The molecule has 1 saturated carbocycles. The molecule has 4 rings (SSSR count). The van der Waals surface area contributed by atoms with E-state index >= 15 is 0 Å². The van der Waals surface area contributed by atoms with Crippen LogP contribution < -0.4 is 19.7 Å². The Morgan fingerprint density at radius 1 is 1.24 bits per heavy atom. The number of hydrogen-bond donors (Lipinski definition) is 2. The quantitative estimate of drug-likeness (QED) is 0.548. The molecule has 0 saturated heterocycles. The van der Waals surface area contributed by atoms with Gasteiger partial charge >= 0.3 is 12.6 Å². The fourth-order valence-corrected chi connectivity index (χ4v) is 6.06. The van der Waals surface area contributed by atoms with Gasteiger partial charge in [-0.25, -0.2) is 17.9 Å². The van der Waals surface area contributed by atoms with Gasteiger partial charge in [0.1, 0.15) is 22.9 Å². The third kappa shape index (κ3) is 6.12. The summed E-state index contributed by atoms with van der Waals surface area (Å²) in [6, 6.07) is 4.44. The van der Waals surface area contributed by atoms with Crippen molar-refractivity contribution in [2.75, 3.05) is 22.7 Å². The third-order valence-corrected chi connectivity index (χ3v) is 8.06. The van der Waals surface area contributed by atoms with Crippen molar-refractivity contribution in [1.82, 2.24) is 15.1 Å². The number of halogens is 2. The molecule has 1 aliphatic heterocycles. The molecule has 0 radical (unpaired) electrons. The Morgan fingerprint density at radius 2 is 1.97 bits per heavy atom. The average Bonchev–Trinajstić information content (AvgIpc) is 3.25. The number of carbonyl (C=O) groups excluding carboxylic acids is 2. The van der Waals surface area contributed by atoms with E-state index in [-0.39, 0.29) is 52.6 Å². The molecule has 0 spiro atoms. The molecule has 202 valence electrons. The molecule has 14 heteroatoms. The molecule has 2 heterocycles. The fraction of sp³-hybridized carbons (Fsp3) is 0.522. The zero-order valence-electron chi connectivity index (χ0n) is 20.4. The van der Waals surface area contributed by atoms with E-state index < -0.39 is 33.7 Å². The first-order valence-corrected chi connectivity index (χ1v) is 13.4. The van der Waals surface area contributed by atoms with Crippen LogP contribution in [0.4, 0.5) is 25.0 Å². The molecule has 1 fully saturated rings. The van der Waals surface area contributed by atoms with E-state index in [1.807, 2.05) is 0 Å². The lowest BCUT2D eigenvalue weighted by Gasteiger charge is -2.35. The zero-order valence-corrected chi connectivity index (χ0v) is 21.3. The average molecular weight is 542 g/mol. The number of amides is 2. The highest BCUT2D eigenvalue weighted by molar-refractivity contribution is 7.92. The van der Waals surface area contributed by atoms with Gasteiger partial charge in [0.25, 0.3) is 10.0 Å². The van der Waals surface area contributed by atoms with Crippen molar-refractivity contribution in [2.24, 2.45) is 0 Å². The number of rotatable bonds is 7. The number of carbonyl (C=O) groups is 2. The van der Waals surface area contributed by atoms with E-state index in [1.165, 1.54) is 32.0 Å². The van der Waals surface area contributed by atoms with Crippen LogP contribution in [0.5, 0.6) is 5.75 Å². The second-order valence-corrected chi connectivity index (χ2v) is 10.9. The minimum atomic E-state index is -4.38. The van der Waals surface area contributed by atoms with Crippen molar-refractivity contribution in [3.8, 4) is 5.75 Å². The minimum absolute atomic E-state index is 0.0176. The van der Waals surface area contributed by atoms with E-state index in [0.717, 1.165) is 42.6 Å². The smallest absolute Gasteiger partial charge is 0.411 e. The van der Waals surface area contributed by atoms with Gasteiger partial charge < -0.3 is 14.8 Å². The van der Waals surface area contributed by atoms with Gasteiger partial charge in [0, 0.05) is 12.6 Å². The van der Waals surface area contributed by atoms with Gasteiger partial charge in [-0.15, -0.1) is 0 Å². The molecule has 1 atom stereocenters. The first-order chi connectivity index (χ1) is 17.5. The third-order valence-electron chi connectivity index (χ3n) is 6.18. The molecule has 0 unspecified atom stereocenters. The highest BCUT2D eigenvalue weighted by atomic mass is 32.2. The van der Waals surface area contributed by atoms with Gasteiger partial charge in [0.15, 0.2) is 0 Å². The highest BCUT2D eigenvalue weighted by Crippen LogP contribution is 2.39. The number of nitrogens with one attached hydrogen (secondary N) is 2. The van der Waals surface area contributed by atoms with Crippen LogP contribution in [0.25, 0.3) is 0 Å². The Hall–Kier alpha value is -3.42. The maximum absolute atomic E-state index is 13.7. The second kappa shape index (κ2) is 10.9. The van der Waals surface area contributed by atoms with Crippen LogP contribution in [0.2, 0.25) is 0 Å². The number of anilines is 2. The van der Waals surface area contributed by atoms with Crippen LogP contribution in [0.15, 0.2) is 29.3 Å². The fourth-order valence-electron chi connectivity index (χ4n) is 4.40. The number of nitrogens with zero attached hydrogens (tertiary/aromatic N) is 3. The lowest BCUT2D eigenvalue weighted by molar-refractivity contribution is -0.119. The van der Waals surface area contributed by atoms with Crippen molar-refractivity contribution in [1.29, 1.82) is 0 Å². The summed E-state index contributed by atoms with van der Waals surface area (Å²) >= 11 is 0. The van der Waals surface area contributed by atoms with Gasteiger partial charge in [-0.05, 0) is 50.8 Å². The maximum atomic E-state index is 13.7. The molecule has 1 aromatic carbocycles. The van der Waals surface area contributed by atoms with Crippen LogP contribution in [-0.2, 0) is 19.6 Å². The first kappa shape index (κ1) is 26.6. The zero-order chi connectivity index (χ0) is 26.7. The summed E-state index contributed by atoms with van der Waals surface area (Å²) in [6.45, 7) is -0.578. The van der Waals surface area contributed by atoms with E-state index in [2.05, 4.69) is 15.7 Å². The summed E-state index contributed by atoms with van der Waals surface area (Å²) in [6.07, 6.45) is 3.85. The largest absolute Gasteiger partial charge is 0.484 e. The Bertz CT molecular complexity index is 1260. The molecule has 1 aromatic heterocycles. The Kier molecular flexibility index (Phi) is 7.85. The van der Waals surface area contributed by atoms with Crippen LogP contribution in [0.3, 0.4) is 0 Å². The van der Waals surface area contributed by atoms with Crippen LogP contribution in [-0.4, -0.2) is 55.5 Å². The van der Waals surface area contributed by atoms with Gasteiger partial charge in [-0.1, -0.05) is 6.42 Å². The molecular weight excluding hydrogens is 512 g/mol. The molecule has 2 aromatic rings. The molecule has 2 N–H and O–H groups in total. The lowest BCUT2D eigenvalue weighted by Crippen LogP contribution is -2.48. The number of aromatic nitrogens is 2. The summed E-state index contributed by atoms with van der Waals surface area (Å²) in [4.78, 5) is 23.4. The van der Waals surface area contributed by atoms with Crippen LogP contribution in [0.1, 0.15) is 51.3 Å². The number of sulfonamides is 1. The molecule has 37 heavy (non-hydrogen) atoms. The van der Waals surface area contributed by atoms with E-state index in [4.69, 9.17) is 9.47 Å². The monoisotopic (exact) mass is 541 g/mol. The number of ether oxygens (including phenoxy) is 2. The number of hydrogen-bond acceptors (Lipinski definition) is 7. The van der Waals surface area contributed by atoms with Gasteiger partial charge in [-0.3, -0.25) is 14.4 Å². The highest BCUT2D eigenvalue weighted by Gasteiger charge is 2.37. The number of fused-ring (bicyclic) bond motifs is 1. The Labute approximate surface area is 213 Å². The van der Waals surface area contributed by atoms with E-state index in [0.29, 0.717) is 0 Å². The van der Waals surface area contributed by atoms with Crippen molar-refractivity contribution >= 4 is 33.4 Å². The predicted octanol–water partition coefficient (Wildman–Crippen LogP) is 3.56. The maximum Gasteiger partial charge on any atom is 0.411 e. The molecular formula is C23H29F2N5O6S. The van der Waals surface area contributed by atoms with Gasteiger partial charge in [0.2, 0.25) is 5.91 Å². The van der Waals surface area contributed by atoms with E-state index in [1.54, 1.807) is 0 Å². The number of aryl methyl sites for hydroxylation is 1. The summed E-state index contributed by atoms with van der Waals surface area (Å²) in [7, 11) is -4.38. The predicted molar refractivity (Wildman–Crippen MR) is 129 cm³/mol. The Morgan fingerprint density at radius 3 is 2.62 bits per heavy atom. The minimum Gasteiger partial charge on any atom is -0.484 e. The van der Waals surface area contributed by atoms with Crippen molar-refractivity contribution in [3.05, 3.63) is 30.1 Å². The normalized spacial score (nSPS) is 18.2. The summed E-state index contributed by atoms with van der Waals surface area (Å²) < 4.78 is 66.4. The summed E-state index contributed by atoms with van der Waals surface area (Å²) in [5.74, 6) is -0.149. The number of alkyl halides is 2. The SMILES string of the molecule is CC(=O)NC[C@H]1CN(S(=O)(=O)c2cn(C(F)F)nc2C)c2cc(NC(=O)OC3CCCCC3)ccc2O1. The van der Waals surface area contributed by atoms with Crippen molar-refractivity contribution < 1.29 is 36.3 Å². The van der Waals surface area contributed by atoms with E-state index in [9.17, 15) is 26.8 Å². The van der Waals surface area contributed by atoms with Crippen LogP contribution >= 0.6 is 0 Å². The van der Waals surface area contributed by atoms with Crippen molar-refractivity contribution in [2.45, 2.75) is 69.6 Å². The number of benzene rings is 1. The first-order valence-electron chi connectivity index (χ1n) is 11.9. The molecule has 1 aliphatic carbocycles. The van der Waals surface area contributed by atoms with Gasteiger partial charge in [-0.2, -0.15) is 13.9 Å². The second-order valence-electron chi connectivity index (χ2n) is 9.02. The lowest BCUT2D eigenvalue weighted by atomic mass is 9.98. The topological polar surface area (TPSA) is 132 Å². The summed E-state index contributed by atoms with van der Waals surface area (Å²) in [5, 5.41) is 8.83. The molecule has 2 aliphatic rings. The summed E-state index contributed by atoms with van der Waals surface area (Å²) in [5.41, 5.74) is 0.263. The molecule has 2 amide bonds. The van der Waals surface area contributed by atoms with Gasteiger partial charge in [0.05, 0.1) is 30.7 Å². The standard InChI is InChI=1S/C23H29F2N5O6S/c1-14-21(13-29(28-14)22(24)25)37(33,34)30-12-18(11-26-15(2)31)35-20-9-8-16(10-19(20)30)27-23(32)36-17-6-4-3-5-7-17/h8-10,13,17-18,22H,3-7,11-12H2,1-2H3,(H,26,31)(H,27,32)/t18-/m0/s1. The molecule has 0 bridgehead atoms. The van der Waals surface area contributed by atoms with Crippen molar-refractivity contribution in [3.63, 3.8) is 0 Å². The Balaban J connectivity index is 1.64.